The number of aliphatic hydroxyl groups excluding tert-OH is 2. The SMILES string of the molecule is CCCN(CCC)C(=O)c1cc(C)cc(C(=O)N[C@@H](Cc2cc(F)cc(F)c2)[C@H](O)CN[C@@H](CO)C(=O)NC)c1. The minimum atomic E-state index is -1.32. The number of nitrogens with one attached hydrogen (secondary N) is 3. The van der Waals surface area contributed by atoms with Crippen molar-refractivity contribution < 1.29 is 33.4 Å². The van der Waals surface area contributed by atoms with Gasteiger partial charge in [-0.15, -0.1) is 0 Å². The van der Waals surface area contributed by atoms with E-state index >= 15 is 0 Å². The highest BCUT2D eigenvalue weighted by atomic mass is 19.1. The first kappa shape index (κ1) is 32.8. The van der Waals surface area contributed by atoms with E-state index in [1.807, 2.05) is 13.8 Å². The number of amides is 3. The van der Waals surface area contributed by atoms with Gasteiger partial charge in [-0.2, -0.15) is 0 Å². The van der Waals surface area contributed by atoms with Gasteiger partial charge in [-0.1, -0.05) is 13.8 Å². The van der Waals surface area contributed by atoms with Crippen molar-refractivity contribution in [1.29, 1.82) is 0 Å². The summed E-state index contributed by atoms with van der Waals surface area (Å²) in [5, 5.41) is 28.3. The number of likely N-dealkylation sites (N-methyl/N-ethyl adjacent to an activating group) is 1. The summed E-state index contributed by atoms with van der Waals surface area (Å²) in [7, 11) is 1.40. The normalized spacial score (nSPS) is 13.3. The Morgan fingerprint density at radius 1 is 0.950 bits per heavy atom. The van der Waals surface area contributed by atoms with E-state index in [0.717, 1.165) is 31.0 Å². The summed E-state index contributed by atoms with van der Waals surface area (Å²) in [5.74, 6) is -2.90. The van der Waals surface area contributed by atoms with Crippen molar-refractivity contribution in [3.63, 3.8) is 0 Å². The molecule has 9 nitrogen and oxygen atoms in total. The van der Waals surface area contributed by atoms with Gasteiger partial charge in [0.1, 0.15) is 17.7 Å². The lowest BCUT2D eigenvalue weighted by Gasteiger charge is -2.26. The topological polar surface area (TPSA) is 131 Å². The molecule has 3 amide bonds. The summed E-state index contributed by atoms with van der Waals surface area (Å²) in [4.78, 5) is 40.2. The molecule has 220 valence electrons. The van der Waals surface area contributed by atoms with Crippen LogP contribution in [-0.2, 0) is 11.2 Å². The Bertz CT molecular complexity index is 1140. The van der Waals surface area contributed by atoms with E-state index in [4.69, 9.17) is 0 Å². The van der Waals surface area contributed by atoms with Gasteiger partial charge >= 0.3 is 0 Å². The fourth-order valence-corrected chi connectivity index (χ4v) is 4.41. The second kappa shape index (κ2) is 16.0. The molecule has 0 fully saturated rings. The average Bonchev–Trinajstić information content (AvgIpc) is 2.91. The maximum absolute atomic E-state index is 13.9. The summed E-state index contributed by atoms with van der Waals surface area (Å²) >= 11 is 0. The Labute approximate surface area is 234 Å². The van der Waals surface area contributed by atoms with Crippen LogP contribution in [0.25, 0.3) is 0 Å². The first-order valence-corrected chi connectivity index (χ1v) is 13.4. The smallest absolute Gasteiger partial charge is 0.253 e. The van der Waals surface area contributed by atoms with Crippen molar-refractivity contribution in [1.82, 2.24) is 20.9 Å². The Balaban J connectivity index is 2.33. The van der Waals surface area contributed by atoms with Crippen molar-refractivity contribution >= 4 is 17.7 Å². The summed E-state index contributed by atoms with van der Waals surface area (Å²) < 4.78 is 27.7. The second-order valence-electron chi connectivity index (χ2n) is 9.77. The van der Waals surface area contributed by atoms with Crippen LogP contribution in [0.15, 0.2) is 36.4 Å². The van der Waals surface area contributed by atoms with Crippen LogP contribution in [0.2, 0.25) is 0 Å². The number of carbonyl (C=O) groups is 3. The number of carbonyl (C=O) groups excluding carboxylic acids is 3. The number of nitrogens with zero attached hydrogens (tertiary/aromatic N) is 1. The third-order valence-electron chi connectivity index (χ3n) is 6.34. The van der Waals surface area contributed by atoms with Crippen LogP contribution in [0.5, 0.6) is 0 Å². The highest BCUT2D eigenvalue weighted by molar-refractivity contribution is 6.00. The number of halogens is 2. The molecule has 40 heavy (non-hydrogen) atoms. The van der Waals surface area contributed by atoms with Crippen molar-refractivity contribution in [2.45, 2.75) is 58.2 Å². The molecule has 0 bridgehead atoms. The number of hydrogen-bond acceptors (Lipinski definition) is 6. The van der Waals surface area contributed by atoms with E-state index in [9.17, 15) is 33.4 Å². The molecule has 0 heterocycles. The molecule has 0 unspecified atom stereocenters. The van der Waals surface area contributed by atoms with Gasteiger partial charge in [-0.3, -0.25) is 14.4 Å². The maximum Gasteiger partial charge on any atom is 0.253 e. The van der Waals surface area contributed by atoms with Gasteiger partial charge in [0, 0.05) is 43.9 Å². The predicted molar refractivity (Wildman–Crippen MR) is 148 cm³/mol. The van der Waals surface area contributed by atoms with Crippen LogP contribution in [0.3, 0.4) is 0 Å². The number of hydrogen-bond donors (Lipinski definition) is 5. The van der Waals surface area contributed by atoms with Crippen LogP contribution in [0, 0.1) is 18.6 Å². The van der Waals surface area contributed by atoms with Crippen LogP contribution < -0.4 is 16.0 Å². The first-order chi connectivity index (χ1) is 19.0. The van der Waals surface area contributed by atoms with Gasteiger partial charge in [0.2, 0.25) is 5.91 Å². The lowest BCUT2D eigenvalue weighted by atomic mass is 9.99. The third kappa shape index (κ3) is 9.65. The minimum absolute atomic E-state index is 0.134. The zero-order valence-corrected chi connectivity index (χ0v) is 23.5. The number of aryl methyl sites for hydroxylation is 1. The van der Waals surface area contributed by atoms with Crippen molar-refractivity contribution in [2.24, 2.45) is 0 Å². The monoisotopic (exact) mass is 562 g/mol. The molecule has 0 aliphatic rings. The van der Waals surface area contributed by atoms with E-state index in [2.05, 4.69) is 16.0 Å². The van der Waals surface area contributed by atoms with Crippen LogP contribution >= 0.6 is 0 Å². The molecule has 0 radical (unpaired) electrons. The minimum Gasteiger partial charge on any atom is -0.394 e. The maximum atomic E-state index is 13.9. The first-order valence-electron chi connectivity index (χ1n) is 13.4. The predicted octanol–water partition coefficient (Wildman–Crippen LogP) is 1.93. The molecule has 0 aromatic heterocycles. The molecule has 5 N–H and O–H groups in total. The van der Waals surface area contributed by atoms with Gasteiger partial charge < -0.3 is 31.1 Å². The molecule has 0 saturated heterocycles. The lowest BCUT2D eigenvalue weighted by Crippen LogP contribution is -2.53. The average molecular weight is 563 g/mol. The summed E-state index contributed by atoms with van der Waals surface area (Å²) in [6.07, 6.45) is 0.127. The third-order valence-corrected chi connectivity index (χ3v) is 6.34. The van der Waals surface area contributed by atoms with E-state index < -0.39 is 48.2 Å². The Morgan fingerprint density at radius 3 is 2.10 bits per heavy atom. The molecule has 3 atom stereocenters. The van der Waals surface area contributed by atoms with Crippen molar-refractivity contribution in [2.75, 3.05) is 33.3 Å². The quantitative estimate of drug-likeness (QED) is 0.226. The lowest BCUT2D eigenvalue weighted by molar-refractivity contribution is -0.123. The van der Waals surface area contributed by atoms with E-state index in [0.29, 0.717) is 24.2 Å². The van der Waals surface area contributed by atoms with Gasteiger partial charge in [0.15, 0.2) is 0 Å². The fraction of sp³-hybridized carbons (Fsp3) is 0.483. The van der Waals surface area contributed by atoms with Gasteiger partial charge in [-0.05, 0) is 67.6 Å². The van der Waals surface area contributed by atoms with E-state index in [1.165, 1.54) is 13.1 Å². The Morgan fingerprint density at radius 2 is 1.55 bits per heavy atom. The zero-order chi connectivity index (χ0) is 29.8. The van der Waals surface area contributed by atoms with Gasteiger partial charge in [0.05, 0.1) is 18.8 Å². The molecule has 2 aromatic rings. The second-order valence-corrected chi connectivity index (χ2v) is 9.77. The zero-order valence-electron chi connectivity index (χ0n) is 23.5. The van der Waals surface area contributed by atoms with Gasteiger partial charge in [0.25, 0.3) is 11.8 Å². The molecular weight excluding hydrogens is 522 g/mol. The Hall–Kier alpha value is -3.41. The molecule has 0 aliphatic heterocycles. The molecule has 11 heteroatoms. The number of rotatable bonds is 15. The number of benzene rings is 2. The molecule has 0 aliphatic carbocycles. The fourth-order valence-electron chi connectivity index (χ4n) is 4.41. The molecule has 2 rings (SSSR count). The largest absolute Gasteiger partial charge is 0.394 e. The van der Waals surface area contributed by atoms with Crippen molar-refractivity contribution in [3.05, 3.63) is 70.3 Å². The van der Waals surface area contributed by atoms with Crippen molar-refractivity contribution in [3.8, 4) is 0 Å². The van der Waals surface area contributed by atoms with E-state index in [1.54, 1.807) is 24.0 Å². The number of aliphatic hydroxyl groups is 2. The van der Waals surface area contributed by atoms with E-state index in [-0.39, 0.29) is 30.0 Å². The standard InChI is InChI=1S/C29H40F2N4O5/c1-5-7-35(8-6-2)29(40)21-10-18(3)9-20(14-21)27(38)34-24(13-19-11-22(30)15-23(31)12-19)26(37)16-33-25(17-36)28(39)32-4/h9-12,14-15,24-26,33,36-37H,5-8,13,16-17H2,1-4H3,(H,32,39)(H,34,38)/t24-,25-,26+/m0/s1. The molecular formula is C29H40F2N4O5. The summed E-state index contributed by atoms with van der Waals surface area (Å²) in [5.41, 5.74) is 1.42. The van der Waals surface area contributed by atoms with Crippen LogP contribution in [-0.4, -0.2) is 84.3 Å². The highest BCUT2D eigenvalue weighted by Crippen LogP contribution is 2.16. The molecule has 0 spiro atoms. The molecule has 0 saturated carbocycles. The highest BCUT2D eigenvalue weighted by Gasteiger charge is 2.26. The summed E-state index contributed by atoms with van der Waals surface area (Å²) in [6, 6.07) is 5.66. The van der Waals surface area contributed by atoms with Crippen LogP contribution in [0.4, 0.5) is 8.78 Å². The summed E-state index contributed by atoms with van der Waals surface area (Å²) in [6.45, 7) is 6.13. The van der Waals surface area contributed by atoms with Gasteiger partial charge in [-0.25, -0.2) is 8.78 Å². The molecule has 2 aromatic carbocycles. The Kier molecular flexibility index (Phi) is 13.1. The van der Waals surface area contributed by atoms with Crippen LogP contribution in [0.1, 0.15) is 58.5 Å².